The highest BCUT2D eigenvalue weighted by molar-refractivity contribution is 5.85. The van der Waals surface area contributed by atoms with Gasteiger partial charge < -0.3 is 15.1 Å². The van der Waals surface area contributed by atoms with E-state index in [1.165, 1.54) is 14.0 Å². The second kappa shape index (κ2) is 5.21. The van der Waals surface area contributed by atoms with Crippen LogP contribution in [0.15, 0.2) is 0 Å². The van der Waals surface area contributed by atoms with Gasteiger partial charge in [0.15, 0.2) is 0 Å². The topological polar surface area (TPSA) is 94.9 Å². The molecule has 0 heterocycles. The van der Waals surface area contributed by atoms with Crippen LogP contribution in [0.4, 0.5) is 0 Å². The fourth-order valence-corrected chi connectivity index (χ4v) is 0.772. The second-order valence-corrected chi connectivity index (χ2v) is 2.91. The largest absolute Gasteiger partial charge is 0.481 e. The van der Waals surface area contributed by atoms with Crippen molar-refractivity contribution in [3.8, 4) is 0 Å². The number of carboxylic acids is 2. The Balaban J connectivity index is 4.11. The van der Waals surface area contributed by atoms with E-state index in [4.69, 9.17) is 10.2 Å². The predicted molar refractivity (Wildman–Crippen MR) is 46.7 cm³/mol. The first kappa shape index (κ1) is 12.4. The zero-order chi connectivity index (χ0) is 11.3. The van der Waals surface area contributed by atoms with Gasteiger partial charge >= 0.3 is 11.9 Å². The van der Waals surface area contributed by atoms with Crippen molar-refractivity contribution < 1.29 is 24.6 Å². The van der Waals surface area contributed by atoms with Crippen molar-refractivity contribution in [2.45, 2.75) is 25.8 Å². The SMILES string of the molecule is C[C@@H](C(=O)O)N(C)C(=O)CCC(=O)O. The summed E-state index contributed by atoms with van der Waals surface area (Å²) in [6, 6.07) is -0.934. The zero-order valence-electron chi connectivity index (χ0n) is 8.06. The van der Waals surface area contributed by atoms with Gasteiger partial charge in [-0.3, -0.25) is 9.59 Å². The van der Waals surface area contributed by atoms with Gasteiger partial charge in [-0.05, 0) is 6.92 Å². The third-order valence-electron chi connectivity index (χ3n) is 1.88. The van der Waals surface area contributed by atoms with Crippen molar-refractivity contribution >= 4 is 17.8 Å². The smallest absolute Gasteiger partial charge is 0.326 e. The highest BCUT2D eigenvalue weighted by atomic mass is 16.4. The minimum Gasteiger partial charge on any atom is -0.481 e. The van der Waals surface area contributed by atoms with Crippen LogP contribution in [0.1, 0.15) is 19.8 Å². The van der Waals surface area contributed by atoms with Crippen LogP contribution in [0.2, 0.25) is 0 Å². The predicted octanol–water partition coefficient (Wildman–Crippen LogP) is -0.217. The standard InChI is InChI=1S/C8H13NO5/c1-5(8(13)14)9(2)6(10)3-4-7(11)12/h5H,3-4H2,1-2H3,(H,11,12)(H,13,14)/t5-/m0/s1. The Morgan fingerprint density at radius 1 is 1.21 bits per heavy atom. The number of hydrogen-bond donors (Lipinski definition) is 2. The molecule has 0 spiro atoms. The zero-order valence-corrected chi connectivity index (χ0v) is 8.06. The lowest BCUT2D eigenvalue weighted by molar-refractivity contribution is -0.148. The summed E-state index contributed by atoms with van der Waals surface area (Å²) in [5.74, 6) is -2.67. The third-order valence-corrected chi connectivity index (χ3v) is 1.88. The van der Waals surface area contributed by atoms with E-state index in [0.29, 0.717) is 0 Å². The molecule has 0 saturated carbocycles. The lowest BCUT2D eigenvalue weighted by Gasteiger charge is -2.20. The minimum absolute atomic E-state index is 0.177. The summed E-state index contributed by atoms with van der Waals surface area (Å²) in [6.07, 6.45) is -0.459. The first-order valence-electron chi connectivity index (χ1n) is 4.06. The maximum atomic E-state index is 11.2. The number of carbonyl (C=O) groups is 3. The molecule has 14 heavy (non-hydrogen) atoms. The van der Waals surface area contributed by atoms with Crippen molar-refractivity contribution in [3.63, 3.8) is 0 Å². The lowest BCUT2D eigenvalue weighted by atomic mass is 10.2. The molecule has 80 valence electrons. The summed E-state index contributed by atoms with van der Waals surface area (Å²) in [7, 11) is 1.34. The van der Waals surface area contributed by atoms with Crippen LogP contribution in [0, 0.1) is 0 Å². The Morgan fingerprint density at radius 3 is 2.07 bits per heavy atom. The number of amides is 1. The molecule has 6 nitrogen and oxygen atoms in total. The average molecular weight is 203 g/mol. The number of aliphatic carboxylic acids is 2. The van der Waals surface area contributed by atoms with Crippen molar-refractivity contribution in [1.29, 1.82) is 0 Å². The van der Waals surface area contributed by atoms with E-state index in [2.05, 4.69) is 0 Å². The Bertz CT molecular complexity index is 250. The molecule has 0 aliphatic heterocycles. The van der Waals surface area contributed by atoms with Crippen LogP contribution < -0.4 is 0 Å². The van der Waals surface area contributed by atoms with E-state index in [9.17, 15) is 14.4 Å². The van der Waals surface area contributed by atoms with Gasteiger partial charge in [-0.15, -0.1) is 0 Å². The first-order chi connectivity index (χ1) is 6.36. The maximum absolute atomic E-state index is 11.2. The van der Waals surface area contributed by atoms with Gasteiger partial charge in [0.1, 0.15) is 6.04 Å². The molecule has 0 radical (unpaired) electrons. The molecule has 1 atom stereocenters. The molecule has 2 N–H and O–H groups in total. The molecule has 0 aromatic heterocycles. The van der Waals surface area contributed by atoms with E-state index in [-0.39, 0.29) is 12.8 Å². The summed E-state index contributed by atoms with van der Waals surface area (Å²) in [5, 5.41) is 16.9. The van der Waals surface area contributed by atoms with Crippen LogP contribution in [0.25, 0.3) is 0 Å². The molecule has 0 bridgehead atoms. The van der Waals surface area contributed by atoms with Crippen molar-refractivity contribution in [2.75, 3.05) is 7.05 Å². The summed E-state index contributed by atoms with van der Waals surface area (Å²) in [5.41, 5.74) is 0. The molecule has 0 aliphatic rings. The van der Waals surface area contributed by atoms with Crippen LogP contribution in [0.3, 0.4) is 0 Å². The van der Waals surface area contributed by atoms with Crippen LogP contribution in [-0.4, -0.2) is 46.0 Å². The molecular weight excluding hydrogens is 190 g/mol. The number of rotatable bonds is 5. The first-order valence-corrected chi connectivity index (χ1v) is 4.06. The number of hydrogen-bond acceptors (Lipinski definition) is 3. The molecule has 0 aromatic carbocycles. The highest BCUT2D eigenvalue weighted by Crippen LogP contribution is 2.01. The number of likely N-dealkylation sites (N-methyl/N-ethyl adjacent to an activating group) is 1. The number of carbonyl (C=O) groups excluding carboxylic acids is 1. The minimum atomic E-state index is -1.11. The van der Waals surface area contributed by atoms with Gasteiger partial charge in [0.2, 0.25) is 5.91 Å². The Labute approximate surface area is 81.1 Å². The maximum Gasteiger partial charge on any atom is 0.326 e. The molecular formula is C8H13NO5. The van der Waals surface area contributed by atoms with E-state index in [0.717, 1.165) is 4.90 Å². The summed E-state index contributed by atoms with van der Waals surface area (Å²) < 4.78 is 0. The molecule has 0 rings (SSSR count). The molecule has 0 aromatic rings. The highest BCUT2D eigenvalue weighted by Gasteiger charge is 2.21. The monoisotopic (exact) mass is 203 g/mol. The van der Waals surface area contributed by atoms with Crippen LogP contribution >= 0.6 is 0 Å². The van der Waals surface area contributed by atoms with E-state index >= 15 is 0 Å². The van der Waals surface area contributed by atoms with Gasteiger partial charge in [-0.2, -0.15) is 0 Å². The summed E-state index contributed by atoms with van der Waals surface area (Å²) in [6.45, 7) is 1.36. The number of nitrogens with zero attached hydrogens (tertiary/aromatic N) is 1. The molecule has 0 unspecified atom stereocenters. The third kappa shape index (κ3) is 3.88. The van der Waals surface area contributed by atoms with E-state index in [1.54, 1.807) is 0 Å². The van der Waals surface area contributed by atoms with Crippen LogP contribution in [-0.2, 0) is 14.4 Å². The van der Waals surface area contributed by atoms with Crippen molar-refractivity contribution in [1.82, 2.24) is 4.90 Å². The lowest BCUT2D eigenvalue weighted by Crippen LogP contribution is -2.40. The van der Waals surface area contributed by atoms with Gasteiger partial charge in [0.05, 0.1) is 6.42 Å². The second-order valence-electron chi connectivity index (χ2n) is 2.91. The molecule has 6 heteroatoms. The van der Waals surface area contributed by atoms with Gasteiger partial charge in [0, 0.05) is 13.5 Å². The molecule has 0 saturated heterocycles. The Morgan fingerprint density at radius 2 is 1.71 bits per heavy atom. The van der Waals surface area contributed by atoms with Gasteiger partial charge in [-0.1, -0.05) is 0 Å². The summed E-state index contributed by atoms with van der Waals surface area (Å²) in [4.78, 5) is 32.8. The van der Waals surface area contributed by atoms with E-state index in [1.807, 2.05) is 0 Å². The fraction of sp³-hybridized carbons (Fsp3) is 0.625. The molecule has 0 fully saturated rings. The fourth-order valence-electron chi connectivity index (χ4n) is 0.772. The summed E-state index contributed by atoms with van der Waals surface area (Å²) >= 11 is 0. The van der Waals surface area contributed by atoms with E-state index < -0.39 is 23.9 Å². The number of carboxylic acid groups (broad SMARTS) is 2. The van der Waals surface area contributed by atoms with Crippen molar-refractivity contribution in [2.24, 2.45) is 0 Å². The molecule has 1 amide bonds. The molecule has 0 aliphatic carbocycles. The Kier molecular flexibility index (Phi) is 4.62. The van der Waals surface area contributed by atoms with Gasteiger partial charge in [-0.25, -0.2) is 4.79 Å². The van der Waals surface area contributed by atoms with Crippen LogP contribution in [0.5, 0.6) is 0 Å². The normalized spacial score (nSPS) is 11.9. The van der Waals surface area contributed by atoms with Crippen molar-refractivity contribution in [3.05, 3.63) is 0 Å². The quantitative estimate of drug-likeness (QED) is 0.644. The Hall–Kier alpha value is -1.59. The average Bonchev–Trinajstić information content (AvgIpc) is 2.11. The van der Waals surface area contributed by atoms with Gasteiger partial charge in [0.25, 0.3) is 0 Å².